The number of nitrogens with one attached hydrogen (secondary N) is 2. The zero-order chi connectivity index (χ0) is 19.2. The molecule has 2 heterocycles. The summed E-state index contributed by atoms with van der Waals surface area (Å²) in [6, 6.07) is 19.1. The van der Waals surface area contributed by atoms with E-state index < -0.39 is 0 Å². The van der Waals surface area contributed by atoms with Crippen LogP contribution in [0.2, 0.25) is 0 Å². The molecule has 0 saturated carbocycles. The standard InChI is InChI=1S/C23H30N4O/c28-23(24-12-15-26-13-11-20-6-4-5-7-21(20)18-26)25-16-19-10-14-27(17-19)22-8-2-1-3-9-22/h1-9,19H,10-18H2,(H2,24,25,28)/t19-/m0/s1. The van der Waals surface area contributed by atoms with Crippen LogP contribution in [0.5, 0.6) is 0 Å². The minimum absolute atomic E-state index is 0.0458. The van der Waals surface area contributed by atoms with E-state index in [9.17, 15) is 4.79 Å². The molecular weight excluding hydrogens is 348 g/mol. The highest BCUT2D eigenvalue weighted by atomic mass is 16.2. The van der Waals surface area contributed by atoms with Crippen molar-refractivity contribution in [1.29, 1.82) is 0 Å². The van der Waals surface area contributed by atoms with Crippen molar-refractivity contribution >= 4 is 11.7 Å². The second-order valence-electron chi connectivity index (χ2n) is 7.87. The van der Waals surface area contributed by atoms with E-state index in [0.717, 1.165) is 52.1 Å². The molecule has 0 radical (unpaired) electrons. The van der Waals surface area contributed by atoms with Gasteiger partial charge in [0.1, 0.15) is 0 Å². The first-order chi connectivity index (χ1) is 13.8. The lowest BCUT2D eigenvalue weighted by Crippen LogP contribution is -2.43. The molecule has 0 unspecified atom stereocenters. The lowest BCUT2D eigenvalue weighted by Gasteiger charge is -2.28. The molecule has 2 aromatic carbocycles. The fourth-order valence-corrected chi connectivity index (χ4v) is 4.24. The van der Waals surface area contributed by atoms with Crippen LogP contribution in [-0.2, 0) is 13.0 Å². The SMILES string of the molecule is O=C(NCCN1CCc2ccccc2C1)NC[C@@H]1CCN(c2ccccc2)C1. The average molecular weight is 379 g/mol. The number of fused-ring (bicyclic) bond motifs is 1. The number of hydrogen-bond donors (Lipinski definition) is 2. The summed E-state index contributed by atoms with van der Waals surface area (Å²) >= 11 is 0. The Balaban J connectivity index is 1.12. The van der Waals surface area contributed by atoms with Crippen LogP contribution in [-0.4, -0.2) is 50.2 Å². The van der Waals surface area contributed by atoms with Crippen LogP contribution in [0.15, 0.2) is 54.6 Å². The highest BCUT2D eigenvalue weighted by molar-refractivity contribution is 5.73. The molecule has 2 amide bonds. The fourth-order valence-electron chi connectivity index (χ4n) is 4.24. The predicted octanol–water partition coefficient (Wildman–Crippen LogP) is 2.87. The van der Waals surface area contributed by atoms with Crippen molar-refractivity contribution in [2.75, 3.05) is 44.2 Å². The Bertz CT molecular complexity index is 779. The van der Waals surface area contributed by atoms with Crippen LogP contribution in [0, 0.1) is 5.92 Å². The Morgan fingerprint density at radius 3 is 2.61 bits per heavy atom. The quantitative estimate of drug-likeness (QED) is 0.813. The zero-order valence-corrected chi connectivity index (χ0v) is 16.4. The second-order valence-corrected chi connectivity index (χ2v) is 7.87. The van der Waals surface area contributed by atoms with Crippen LogP contribution in [0.3, 0.4) is 0 Å². The van der Waals surface area contributed by atoms with Gasteiger partial charge in [0, 0.05) is 51.5 Å². The number of para-hydroxylation sites is 1. The topological polar surface area (TPSA) is 47.6 Å². The normalized spacial score (nSPS) is 19.3. The Labute approximate surface area is 167 Å². The van der Waals surface area contributed by atoms with E-state index in [1.54, 1.807) is 0 Å². The van der Waals surface area contributed by atoms with Crippen LogP contribution in [0.1, 0.15) is 17.5 Å². The number of benzene rings is 2. The van der Waals surface area contributed by atoms with Crippen LogP contribution >= 0.6 is 0 Å². The molecule has 2 N–H and O–H groups in total. The Morgan fingerprint density at radius 1 is 0.964 bits per heavy atom. The van der Waals surface area contributed by atoms with Gasteiger partial charge in [-0.15, -0.1) is 0 Å². The molecule has 1 saturated heterocycles. The van der Waals surface area contributed by atoms with Gasteiger partial charge in [-0.2, -0.15) is 0 Å². The highest BCUT2D eigenvalue weighted by Gasteiger charge is 2.23. The minimum atomic E-state index is -0.0458. The minimum Gasteiger partial charge on any atom is -0.371 e. The first-order valence-electron chi connectivity index (χ1n) is 10.4. The Morgan fingerprint density at radius 2 is 1.75 bits per heavy atom. The number of nitrogens with zero attached hydrogens (tertiary/aromatic N) is 2. The van der Waals surface area contributed by atoms with Gasteiger partial charge in [0.2, 0.25) is 0 Å². The van der Waals surface area contributed by atoms with Crippen molar-refractivity contribution in [2.45, 2.75) is 19.4 Å². The molecule has 1 fully saturated rings. The molecule has 5 nitrogen and oxygen atoms in total. The zero-order valence-electron chi connectivity index (χ0n) is 16.4. The molecule has 148 valence electrons. The molecule has 1 atom stereocenters. The van der Waals surface area contributed by atoms with Crippen molar-refractivity contribution in [2.24, 2.45) is 5.92 Å². The van der Waals surface area contributed by atoms with Crippen LogP contribution in [0.4, 0.5) is 10.5 Å². The molecule has 4 rings (SSSR count). The molecule has 5 heteroatoms. The Kier molecular flexibility index (Phi) is 6.12. The maximum Gasteiger partial charge on any atom is 0.314 e. The van der Waals surface area contributed by atoms with Crippen molar-refractivity contribution < 1.29 is 4.79 Å². The third-order valence-electron chi connectivity index (χ3n) is 5.88. The van der Waals surface area contributed by atoms with Gasteiger partial charge >= 0.3 is 6.03 Å². The van der Waals surface area contributed by atoms with Crippen LogP contribution < -0.4 is 15.5 Å². The molecular formula is C23H30N4O. The molecule has 28 heavy (non-hydrogen) atoms. The molecule has 0 aliphatic carbocycles. The van der Waals surface area contributed by atoms with Gasteiger partial charge in [-0.25, -0.2) is 4.79 Å². The van der Waals surface area contributed by atoms with Gasteiger partial charge in [-0.3, -0.25) is 4.90 Å². The number of carbonyl (C=O) groups is 1. The predicted molar refractivity (Wildman–Crippen MR) is 114 cm³/mol. The van der Waals surface area contributed by atoms with Crippen LogP contribution in [0.25, 0.3) is 0 Å². The average Bonchev–Trinajstić information content (AvgIpc) is 3.22. The van der Waals surface area contributed by atoms with E-state index in [1.165, 1.54) is 16.8 Å². The largest absolute Gasteiger partial charge is 0.371 e. The summed E-state index contributed by atoms with van der Waals surface area (Å²) < 4.78 is 0. The lowest BCUT2D eigenvalue weighted by atomic mass is 10.00. The molecule has 0 aromatic heterocycles. The number of carbonyl (C=O) groups excluding carboxylic acids is 1. The summed E-state index contributed by atoms with van der Waals surface area (Å²) in [6.07, 6.45) is 2.23. The van der Waals surface area contributed by atoms with E-state index in [-0.39, 0.29) is 6.03 Å². The second kappa shape index (κ2) is 9.11. The van der Waals surface area contributed by atoms with E-state index in [4.69, 9.17) is 0 Å². The fraction of sp³-hybridized carbons (Fsp3) is 0.435. The number of amides is 2. The summed E-state index contributed by atoms with van der Waals surface area (Å²) in [5, 5.41) is 6.07. The monoisotopic (exact) mass is 378 g/mol. The summed E-state index contributed by atoms with van der Waals surface area (Å²) in [7, 11) is 0. The molecule has 0 bridgehead atoms. The van der Waals surface area contributed by atoms with Gasteiger partial charge in [-0.1, -0.05) is 42.5 Å². The van der Waals surface area contributed by atoms with E-state index in [2.05, 4.69) is 69.0 Å². The maximum atomic E-state index is 12.1. The van der Waals surface area contributed by atoms with Crippen molar-refractivity contribution in [1.82, 2.24) is 15.5 Å². The lowest BCUT2D eigenvalue weighted by molar-refractivity contribution is 0.229. The molecule has 2 aromatic rings. The third-order valence-corrected chi connectivity index (χ3v) is 5.88. The van der Waals surface area contributed by atoms with E-state index in [0.29, 0.717) is 12.5 Å². The number of hydrogen-bond acceptors (Lipinski definition) is 3. The first kappa shape index (κ1) is 18.8. The van der Waals surface area contributed by atoms with Gasteiger partial charge in [0.05, 0.1) is 0 Å². The number of anilines is 1. The summed E-state index contributed by atoms with van der Waals surface area (Å²) in [5.41, 5.74) is 4.16. The summed E-state index contributed by atoms with van der Waals surface area (Å²) in [5.74, 6) is 0.518. The van der Waals surface area contributed by atoms with Gasteiger partial charge in [-0.05, 0) is 42.0 Å². The molecule has 2 aliphatic heterocycles. The maximum absolute atomic E-state index is 12.1. The number of rotatable bonds is 6. The van der Waals surface area contributed by atoms with Gasteiger partial charge in [0.15, 0.2) is 0 Å². The summed E-state index contributed by atoms with van der Waals surface area (Å²) in [4.78, 5) is 17.0. The number of urea groups is 1. The third kappa shape index (κ3) is 4.84. The van der Waals surface area contributed by atoms with Crippen molar-refractivity contribution in [3.63, 3.8) is 0 Å². The highest BCUT2D eigenvalue weighted by Crippen LogP contribution is 2.23. The summed E-state index contributed by atoms with van der Waals surface area (Å²) in [6.45, 7) is 6.45. The van der Waals surface area contributed by atoms with Crippen molar-refractivity contribution in [3.8, 4) is 0 Å². The first-order valence-corrected chi connectivity index (χ1v) is 10.4. The molecule has 0 spiro atoms. The smallest absolute Gasteiger partial charge is 0.314 e. The van der Waals surface area contributed by atoms with Gasteiger partial charge < -0.3 is 15.5 Å². The Hall–Kier alpha value is -2.53. The van der Waals surface area contributed by atoms with Gasteiger partial charge in [0.25, 0.3) is 0 Å². The van der Waals surface area contributed by atoms with E-state index >= 15 is 0 Å². The van der Waals surface area contributed by atoms with Crippen molar-refractivity contribution in [3.05, 3.63) is 65.7 Å². The van der Waals surface area contributed by atoms with E-state index in [1.807, 2.05) is 6.07 Å². The molecule has 2 aliphatic rings.